The zero-order valence-corrected chi connectivity index (χ0v) is 14.1. The van der Waals surface area contributed by atoms with Gasteiger partial charge in [0.2, 0.25) is 0 Å². The molecule has 0 radical (unpaired) electrons. The molecule has 0 fully saturated rings. The van der Waals surface area contributed by atoms with Crippen molar-refractivity contribution in [1.29, 1.82) is 0 Å². The second-order valence-electron chi connectivity index (χ2n) is 6.16. The number of nitrogens with zero attached hydrogens (tertiary/aromatic N) is 1. The molecule has 1 heteroatoms. The Hall–Kier alpha value is -2.28. The molecule has 0 spiro atoms. The van der Waals surface area contributed by atoms with Crippen LogP contribution in [0.5, 0.6) is 0 Å². The number of benzene rings is 3. The maximum absolute atomic E-state index is 2.31. The van der Waals surface area contributed by atoms with Crippen LogP contribution in [0, 0.1) is 27.7 Å². The summed E-state index contributed by atoms with van der Waals surface area (Å²) in [6, 6.07) is 17.5. The molecule has 0 N–H and O–H groups in total. The molecule has 0 aliphatic carbocycles. The molecule has 3 aromatic rings. The molecule has 0 heterocycles. The molecular formula is C21H23N. The number of anilines is 2. The normalized spacial score (nSPS) is 11.0. The van der Waals surface area contributed by atoms with Gasteiger partial charge in [0.1, 0.15) is 0 Å². The van der Waals surface area contributed by atoms with Crippen molar-refractivity contribution >= 4 is 22.1 Å². The first-order valence-corrected chi connectivity index (χ1v) is 7.79. The van der Waals surface area contributed by atoms with Gasteiger partial charge in [0, 0.05) is 23.8 Å². The van der Waals surface area contributed by atoms with Gasteiger partial charge < -0.3 is 4.90 Å². The van der Waals surface area contributed by atoms with E-state index in [2.05, 4.69) is 88.2 Å². The lowest BCUT2D eigenvalue weighted by Gasteiger charge is -2.25. The second-order valence-corrected chi connectivity index (χ2v) is 6.16. The van der Waals surface area contributed by atoms with E-state index in [1.54, 1.807) is 0 Å². The monoisotopic (exact) mass is 289 g/mol. The first-order chi connectivity index (χ1) is 10.5. The number of rotatable bonds is 2. The van der Waals surface area contributed by atoms with E-state index < -0.39 is 0 Å². The molecule has 0 aliphatic rings. The summed E-state index contributed by atoms with van der Waals surface area (Å²) in [6.07, 6.45) is 0. The van der Waals surface area contributed by atoms with Gasteiger partial charge in [-0.2, -0.15) is 0 Å². The molecule has 0 aliphatic heterocycles. The Bertz CT molecular complexity index is 846. The van der Waals surface area contributed by atoms with E-state index in [9.17, 15) is 0 Å². The number of hydrogen-bond acceptors (Lipinski definition) is 1. The van der Waals surface area contributed by atoms with E-state index in [1.165, 1.54) is 44.4 Å². The van der Waals surface area contributed by atoms with E-state index in [0.29, 0.717) is 0 Å². The first kappa shape index (κ1) is 14.6. The molecule has 0 saturated carbocycles. The third-order valence-electron chi connectivity index (χ3n) is 4.87. The van der Waals surface area contributed by atoms with Crippen LogP contribution in [0.3, 0.4) is 0 Å². The van der Waals surface area contributed by atoms with Crippen LogP contribution < -0.4 is 4.90 Å². The van der Waals surface area contributed by atoms with Crippen molar-refractivity contribution < 1.29 is 0 Å². The lowest BCUT2D eigenvalue weighted by atomic mass is 10.00. The van der Waals surface area contributed by atoms with Gasteiger partial charge in [-0.25, -0.2) is 0 Å². The molecular weight excluding hydrogens is 266 g/mol. The summed E-state index contributed by atoms with van der Waals surface area (Å²) < 4.78 is 0. The summed E-state index contributed by atoms with van der Waals surface area (Å²) in [5.41, 5.74) is 7.94. The highest BCUT2D eigenvalue weighted by atomic mass is 15.1. The third kappa shape index (κ3) is 2.27. The summed E-state index contributed by atoms with van der Waals surface area (Å²) in [6.45, 7) is 8.76. The lowest BCUT2D eigenvalue weighted by Crippen LogP contribution is -2.12. The quantitative estimate of drug-likeness (QED) is 0.572. The minimum atomic E-state index is 1.26. The molecule has 0 saturated heterocycles. The molecule has 22 heavy (non-hydrogen) atoms. The highest BCUT2D eigenvalue weighted by Crippen LogP contribution is 2.35. The van der Waals surface area contributed by atoms with Crippen molar-refractivity contribution in [3.05, 3.63) is 70.8 Å². The molecule has 3 aromatic carbocycles. The van der Waals surface area contributed by atoms with Crippen molar-refractivity contribution in [3.8, 4) is 0 Å². The molecule has 3 rings (SSSR count). The molecule has 0 amide bonds. The highest BCUT2D eigenvalue weighted by Gasteiger charge is 2.12. The number of hydrogen-bond donors (Lipinski definition) is 0. The molecule has 1 nitrogen and oxygen atoms in total. The summed E-state index contributed by atoms with van der Waals surface area (Å²) >= 11 is 0. The zero-order chi connectivity index (χ0) is 15.9. The largest absolute Gasteiger partial charge is 0.344 e. The van der Waals surface area contributed by atoms with Crippen LogP contribution in [0.25, 0.3) is 10.8 Å². The third-order valence-corrected chi connectivity index (χ3v) is 4.87. The maximum atomic E-state index is 2.31. The fourth-order valence-electron chi connectivity index (χ4n) is 3.16. The van der Waals surface area contributed by atoms with Crippen LogP contribution in [0.2, 0.25) is 0 Å². The highest BCUT2D eigenvalue weighted by molar-refractivity contribution is 5.98. The van der Waals surface area contributed by atoms with E-state index >= 15 is 0 Å². The van der Waals surface area contributed by atoms with Crippen LogP contribution in [-0.2, 0) is 0 Å². The Morgan fingerprint density at radius 3 is 1.91 bits per heavy atom. The average molecular weight is 289 g/mol. The molecule has 0 unspecified atom stereocenters. The van der Waals surface area contributed by atoms with Crippen molar-refractivity contribution in [2.24, 2.45) is 0 Å². The molecule has 112 valence electrons. The minimum absolute atomic E-state index is 1.26. The second kappa shape index (κ2) is 5.49. The fourth-order valence-corrected chi connectivity index (χ4v) is 3.16. The topological polar surface area (TPSA) is 3.24 Å². The van der Waals surface area contributed by atoms with Gasteiger partial charge in [-0.15, -0.1) is 0 Å². The smallest absolute Gasteiger partial charge is 0.0488 e. The lowest BCUT2D eigenvalue weighted by molar-refractivity contribution is 1.16. The Kier molecular flexibility index (Phi) is 3.66. The minimum Gasteiger partial charge on any atom is -0.344 e. The van der Waals surface area contributed by atoms with Gasteiger partial charge in [-0.05, 0) is 67.5 Å². The van der Waals surface area contributed by atoms with Gasteiger partial charge >= 0.3 is 0 Å². The van der Waals surface area contributed by atoms with Crippen LogP contribution >= 0.6 is 0 Å². The maximum Gasteiger partial charge on any atom is 0.0488 e. The predicted octanol–water partition coefficient (Wildman–Crippen LogP) is 5.84. The van der Waals surface area contributed by atoms with Gasteiger partial charge in [0.25, 0.3) is 0 Å². The standard InChI is InChI=1S/C21H23N/c1-14-10-12-20(17(4)16(14)3)22(5)21-13-11-15(2)18-8-6-7-9-19(18)21/h6-13H,1-5H3. The van der Waals surface area contributed by atoms with Gasteiger partial charge in [-0.3, -0.25) is 0 Å². The van der Waals surface area contributed by atoms with Gasteiger partial charge in [0.15, 0.2) is 0 Å². The Balaban J connectivity index is 2.20. The number of aryl methyl sites for hydroxylation is 2. The Labute approximate surface area is 133 Å². The summed E-state index contributed by atoms with van der Waals surface area (Å²) in [7, 11) is 2.16. The average Bonchev–Trinajstić information content (AvgIpc) is 2.53. The van der Waals surface area contributed by atoms with Crippen LogP contribution in [0.15, 0.2) is 48.5 Å². The molecule has 0 bridgehead atoms. The SMILES string of the molecule is Cc1ccc(N(C)c2ccc(C)c3ccccc23)c(C)c1C. The van der Waals surface area contributed by atoms with Crippen molar-refractivity contribution in [1.82, 2.24) is 0 Å². The van der Waals surface area contributed by atoms with E-state index in [1.807, 2.05) is 0 Å². The van der Waals surface area contributed by atoms with Crippen LogP contribution in [0.4, 0.5) is 11.4 Å². The van der Waals surface area contributed by atoms with Crippen molar-refractivity contribution in [2.75, 3.05) is 11.9 Å². The van der Waals surface area contributed by atoms with Crippen molar-refractivity contribution in [3.63, 3.8) is 0 Å². The van der Waals surface area contributed by atoms with E-state index in [4.69, 9.17) is 0 Å². The molecule has 0 aromatic heterocycles. The van der Waals surface area contributed by atoms with Crippen LogP contribution in [-0.4, -0.2) is 7.05 Å². The zero-order valence-electron chi connectivity index (χ0n) is 14.1. The fraction of sp³-hybridized carbons (Fsp3) is 0.238. The Morgan fingerprint density at radius 1 is 0.591 bits per heavy atom. The first-order valence-electron chi connectivity index (χ1n) is 7.79. The summed E-state index contributed by atoms with van der Waals surface area (Å²) in [5.74, 6) is 0. The van der Waals surface area contributed by atoms with Gasteiger partial charge in [-0.1, -0.05) is 36.4 Å². The molecule has 0 atom stereocenters. The van der Waals surface area contributed by atoms with Crippen LogP contribution in [0.1, 0.15) is 22.3 Å². The number of fused-ring (bicyclic) bond motifs is 1. The van der Waals surface area contributed by atoms with E-state index in [-0.39, 0.29) is 0 Å². The van der Waals surface area contributed by atoms with E-state index in [0.717, 1.165) is 0 Å². The Morgan fingerprint density at radius 2 is 1.18 bits per heavy atom. The van der Waals surface area contributed by atoms with Gasteiger partial charge in [0.05, 0.1) is 0 Å². The summed E-state index contributed by atoms with van der Waals surface area (Å²) in [5, 5.41) is 2.64. The van der Waals surface area contributed by atoms with Crippen molar-refractivity contribution in [2.45, 2.75) is 27.7 Å². The summed E-state index contributed by atoms with van der Waals surface area (Å²) in [4.78, 5) is 2.31. The predicted molar refractivity (Wildman–Crippen MR) is 97.4 cm³/mol.